The maximum atomic E-state index is 5.17. The fourth-order valence-corrected chi connectivity index (χ4v) is 3.83. The van der Waals surface area contributed by atoms with Crippen LogP contribution in [0.5, 0.6) is 0 Å². The molecule has 0 radical (unpaired) electrons. The quantitative estimate of drug-likeness (QED) is 0.518. The van der Waals surface area contributed by atoms with Crippen molar-refractivity contribution in [3.8, 4) is 11.3 Å². The maximum Gasteiger partial charge on any atom is 0.231 e. The highest BCUT2D eigenvalue weighted by molar-refractivity contribution is 5.73. The van der Waals surface area contributed by atoms with Gasteiger partial charge >= 0.3 is 0 Å². The van der Waals surface area contributed by atoms with E-state index in [-0.39, 0.29) is 0 Å². The third-order valence-electron chi connectivity index (χ3n) is 5.10. The number of anilines is 4. The monoisotopic (exact) mass is 383 g/mol. The Labute approximate surface area is 169 Å². The molecule has 5 rings (SSSR count). The number of benzene rings is 2. The van der Waals surface area contributed by atoms with E-state index in [0.717, 1.165) is 29.3 Å². The Balaban J connectivity index is 1.62. The largest absolute Gasteiger partial charge is 0.360 e. The molecule has 6 nitrogen and oxygen atoms in total. The number of hydrogen-bond acceptors (Lipinski definition) is 6. The van der Waals surface area contributed by atoms with Crippen LogP contribution in [0.2, 0.25) is 0 Å². The lowest BCUT2D eigenvalue weighted by Crippen LogP contribution is -2.25. The van der Waals surface area contributed by atoms with E-state index >= 15 is 0 Å². The second-order valence-electron chi connectivity index (χ2n) is 7.30. The van der Waals surface area contributed by atoms with Crippen molar-refractivity contribution in [3.63, 3.8) is 0 Å². The van der Waals surface area contributed by atoms with Crippen LogP contribution in [0.4, 0.5) is 23.3 Å². The molecule has 29 heavy (non-hydrogen) atoms. The zero-order chi connectivity index (χ0) is 19.8. The highest BCUT2D eigenvalue weighted by atomic mass is 16.5. The van der Waals surface area contributed by atoms with E-state index in [1.807, 2.05) is 37.3 Å². The van der Waals surface area contributed by atoms with Crippen molar-refractivity contribution in [1.82, 2.24) is 15.1 Å². The molecule has 144 valence electrons. The number of aryl methyl sites for hydroxylation is 1. The molecule has 0 saturated carbocycles. The third kappa shape index (κ3) is 3.33. The molecule has 1 aliphatic rings. The lowest BCUT2D eigenvalue weighted by molar-refractivity contribution is 0.400. The molecule has 2 aromatic carbocycles. The number of fused-ring (bicyclic) bond motifs is 1. The average Bonchev–Trinajstić information content (AvgIpc) is 3.30. The van der Waals surface area contributed by atoms with Crippen LogP contribution in [0.3, 0.4) is 0 Å². The Kier molecular flexibility index (Phi) is 4.24. The summed E-state index contributed by atoms with van der Waals surface area (Å²) >= 11 is 0. The fraction of sp³-hybridized carbons (Fsp3) is 0.174. The third-order valence-corrected chi connectivity index (χ3v) is 5.10. The van der Waals surface area contributed by atoms with E-state index in [2.05, 4.69) is 58.7 Å². The van der Waals surface area contributed by atoms with Gasteiger partial charge in [0.25, 0.3) is 0 Å². The van der Waals surface area contributed by atoms with Gasteiger partial charge in [0.15, 0.2) is 5.82 Å². The number of aromatic nitrogens is 3. The fourth-order valence-electron chi connectivity index (χ4n) is 3.83. The molecule has 4 aromatic rings. The van der Waals surface area contributed by atoms with E-state index in [4.69, 9.17) is 14.5 Å². The Bertz CT molecular complexity index is 1150. The van der Waals surface area contributed by atoms with Gasteiger partial charge in [0, 0.05) is 29.4 Å². The molecule has 1 aliphatic heterocycles. The summed E-state index contributed by atoms with van der Waals surface area (Å²) in [7, 11) is 0. The summed E-state index contributed by atoms with van der Waals surface area (Å²) in [6.07, 6.45) is 0.992. The smallest absolute Gasteiger partial charge is 0.231 e. The van der Waals surface area contributed by atoms with Crippen molar-refractivity contribution in [2.24, 2.45) is 0 Å². The van der Waals surface area contributed by atoms with Gasteiger partial charge in [-0.1, -0.05) is 53.7 Å². The molecule has 0 amide bonds. The highest BCUT2D eigenvalue weighted by Gasteiger charge is 2.28. The zero-order valence-electron chi connectivity index (χ0n) is 16.3. The molecular formula is C23H21N5O. The molecule has 0 aliphatic carbocycles. The molecule has 0 bridgehead atoms. The highest BCUT2D eigenvalue weighted by Crippen LogP contribution is 2.38. The maximum absolute atomic E-state index is 5.17. The van der Waals surface area contributed by atoms with E-state index < -0.39 is 0 Å². The molecule has 1 N–H and O–H groups in total. The second-order valence-corrected chi connectivity index (χ2v) is 7.30. The topological polar surface area (TPSA) is 67.1 Å². The predicted molar refractivity (Wildman–Crippen MR) is 114 cm³/mol. The number of rotatable bonds is 4. The minimum Gasteiger partial charge on any atom is -0.360 e. The molecule has 6 heteroatoms. The average molecular weight is 383 g/mol. The summed E-state index contributed by atoms with van der Waals surface area (Å²) in [4.78, 5) is 11.8. The van der Waals surface area contributed by atoms with Crippen molar-refractivity contribution < 1.29 is 4.52 Å². The molecule has 3 heterocycles. The second kappa shape index (κ2) is 7.05. The van der Waals surface area contributed by atoms with Gasteiger partial charge in [0.05, 0.1) is 5.69 Å². The van der Waals surface area contributed by atoms with Gasteiger partial charge in [0.1, 0.15) is 11.6 Å². The van der Waals surface area contributed by atoms with Crippen LogP contribution in [0.1, 0.15) is 18.2 Å². The van der Waals surface area contributed by atoms with Crippen molar-refractivity contribution in [1.29, 1.82) is 0 Å². The Morgan fingerprint density at radius 2 is 1.79 bits per heavy atom. The normalized spacial score (nSPS) is 15.4. The van der Waals surface area contributed by atoms with E-state index in [1.54, 1.807) is 0 Å². The van der Waals surface area contributed by atoms with Gasteiger partial charge < -0.3 is 14.7 Å². The molecule has 1 unspecified atom stereocenters. The van der Waals surface area contributed by atoms with Gasteiger partial charge in [-0.2, -0.15) is 4.98 Å². The van der Waals surface area contributed by atoms with E-state index in [1.165, 1.54) is 11.3 Å². The Morgan fingerprint density at radius 1 is 1.00 bits per heavy atom. The first-order valence-electron chi connectivity index (χ1n) is 9.69. The molecule has 0 saturated heterocycles. The van der Waals surface area contributed by atoms with Gasteiger partial charge in [-0.3, -0.25) is 0 Å². The zero-order valence-corrected chi connectivity index (χ0v) is 16.3. The van der Waals surface area contributed by atoms with E-state index in [9.17, 15) is 0 Å². The van der Waals surface area contributed by atoms with E-state index in [0.29, 0.717) is 17.8 Å². The van der Waals surface area contributed by atoms with Crippen molar-refractivity contribution in [3.05, 3.63) is 78.1 Å². The SMILES string of the molecule is Cc1cc(Nc2nc(-c3ccccc3)cc(N3c4ccccc4CC3C)n2)no1. The molecule has 1 atom stereocenters. The van der Waals surface area contributed by atoms with Crippen LogP contribution in [0.25, 0.3) is 11.3 Å². The standard InChI is InChI=1S/C23H21N5O/c1-15-12-18-10-6-7-11-20(18)28(15)22-14-19(17-8-4-3-5-9-17)24-23(26-22)25-21-13-16(2)29-27-21/h3-11,13-15H,12H2,1-2H3,(H,24,25,26,27). The van der Waals surface area contributed by atoms with Crippen LogP contribution in [0.15, 0.2) is 71.3 Å². The number of nitrogens with one attached hydrogen (secondary N) is 1. The van der Waals surface area contributed by atoms with Crippen molar-refractivity contribution >= 4 is 23.3 Å². The summed E-state index contributed by atoms with van der Waals surface area (Å²) in [5, 5.41) is 7.20. The summed E-state index contributed by atoms with van der Waals surface area (Å²) in [6.45, 7) is 4.08. The van der Waals surface area contributed by atoms with Crippen LogP contribution in [-0.4, -0.2) is 21.2 Å². The number of nitrogens with zero attached hydrogens (tertiary/aromatic N) is 4. The van der Waals surface area contributed by atoms with Crippen LogP contribution < -0.4 is 10.2 Å². The van der Waals surface area contributed by atoms with Gasteiger partial charge in [0.2, 0.25) is 5.95 Å². The molecule has 2 aromatic heterocycles. The van der Waals surface area contributed by atoms with Crippen LogP contribution in [0, 0.1) is 6.92 Å². The first kappa shape index (κ1) is 17.4. The molecular weight excluding hydrogens is 362 g/mol. The molecule has 0 fully saturated rings. The number of hydrogen-bond donors (Lipinski definition) is 1. The summed E-state index contributed by atoms with van der Waals surface area (Å²) in [5.74, 6) is 2.67. The van der Waals surface area contributed by atoms with Crippen LogP contribution in [-0.2, 0) is 6.42 Å². The lowest BCUT2D eigenvalue weighted by atomic mass is 10.1. The number of para-hydroxylation sites is 1. The summed E-state index contributed by atoms with van der Waals surface area (Å²) in [5.41, 5.74) is 4.42. The van der Waals surface area contributed by atoms with Gasteiger partial charge in [-0.25, -0.2) is 4.98 Å². The van der Waals surface area contributed by atoms with Crippen molar-refractivity contribution in [2.45, 2.75) is 26.3 Å². The first-order chi connectivity index (χ1) is 14.2. The van der Waals surface area contributed by atoms with Gasteiger partial charge in [-0.15, -0.1) is 0 Å². The van der Waals surface area contributed by atoms with Crippen molar-refractivity contribution in [2.75, 3.05) is 10.2 Å². The Hall–Kier alpha value is -3.67. The van der Waals surface area contributed by atoms with Crippen LogP contribution >= 0.6 is 0 Å². The van der Waals surface area contributed by atoms with Gasteiger partial charge in [-0.05, 0) is 31.9 Å². The summed E-state index contributed by atoms with van der Waals surface area (Å²) < 4.78 is 5.17. The predicted octanol–water partition coefficient (Wildman–Crippen LogP) is 5.27. The first-order valence-corrected chi connectivity index (χ1v) is 9.69. The minimum absolute atomic E-state index is 0.313. The molecule has 0 spiro atoms. The Morgan fingerprint density at radius 3 is 2.59 bits per heavy atom. The lowest BCUT2D eigenvalue weighted by Gasteiger charge is -2.24. The minimum atomic E-state index is 0.313. The summed E-state index contributed by atoms with van der Waals surface area (Å²) in [6, 6.07) is 22.8.